The second kappa shape index (κ2) is 18.8. The van der Waals surface area contributed by atoms with Gasteiger partial charge in [0.15, 0.2) is 0 Å². The summed E-state index contributed by atoms with van der Waals surface area (Å²) >= 11 is 0. The predicted octanol–water partition coefficient (Wildman–Crippen LogP) is 7.85. The van der Waals surface area contributed by atoms with Crippen molar-refractivity contribution in [1.29, 1.82) is 0 Å². The van der Waals surface area contributed by atoms with Gasteiger partial charge >= 0.3 is 48.1 Å². The van der Waals surface area contributed by atoms with Crippen LogP contribution in [0.1, 0.15) is 73.1 Å². The van der Waals surface area contributed by atoms with Crippen LogP contribution in [0.2, 0.25) is 0 Å². The van der Waals surface area contributed by atoms with Crippen LogP contribution in [0.3, 0.4) is 0 Å². The summed E-state index contributed by atoms with van der Waals surface area (Å²) in [7, 11) is 0. The quantitative estimate of drug-likeness (QED) is 0.0604. The van der Waals surface area contributed by atoms with E-state index in [1.54, 1.807) is 27.7 Å². The molecule has 0 radical (unpaired) electrons. The Hall–Kier alpha value is -3.10. The standard InChI is InChI=1S/C14H19F7O4.C13H17F7O4/c1-4-11(2,3)9(22)24-5-6-25-10(23)13(17,18)7-12(15,16)8-14(19,20)21;1-3-8(2)9(21)23-4-5-24-10(22)12(16,17)6-11(14,15)7-13(18,19)20/h4-8H2,1-3H3;8H,3-7H2,1-2H3. The van der Waals surface area contributed by atoms with Crippen LogP contribution in [0.25, 0.3) is 0 Å². The van der Waals surface area contributed by atoms with E-state index in [0.29, 0.717) is 12.8 Å². The summed E-state index contributed by atoms with van der Waals surface area (Å²) in [5, 5.41) is 0. The molecule has 0 saturated heterocycles. The van der Waals surface area contributed by atoms with E-state index in [1.165, 1.54) is 6.92 Å². The van der Waals surface area contributed by atoms with E-state index in [1.807, 2.05) is 0 Å². The highest BCUT2D eigenvalue weighted by atomic mass is 19.4. The molecule has 0 aromatic heterocycles. The van der Waals surface area contributed by atoms with Crippen LogP contribution in [-0.2, 0) is 38.1 Å². The van der Waals surface area contributed by atoms with Crippen molar-refractivity contribution in [3.63, 3.8) is 0 Å². The molecule has 0 aliphatic heterocycles. The molecule has 0 saturated carbocycles. The van der Waals surface area contributed by atoms with Gasteiger partial charge in [-0.05, 0) is 26.7 Å². The van der Waals surface area contributed by atoms with Gasteiger partial charge in [0.05, 0.1) is 24.2 Å². The van der Waals surface area contributed by atoms with Gasteiger partial charge in [0.1, 0.15) is 39.3 Å². The summed E-state index contributed by atoms with van der Waals surface area (Å²) in [6.45, 7) is 5.18. The first-order chi connectivity index (χ1) is 21.7. The van der Waals surface area contributed by atoms with Crippen LogP contribution >= 0.6 is 0 Å². The van der Waals surface area contributed by atoms with E-state index < -0.39 is 123 Å². The molecular weight excluding hydrogens is 718 g/mol. The minimum absolute atomic E-state index is 0.415. The van der Waals surface area contributed by atoms with Crippen LogP contribution in [0.5, 0.6) is 0 Å². The maximum absolute atomic E-state index is 13.3. The van der Waals surface area contributed by atoms with Gasteiger partial charge in [0, 0.05) is 0 Å². The average Bonchev–Trinajstić information content (AvgIpc) is 2.88. The van der Waals surface area contributed by atoms with E-state index in [4.69, 9.17) is 0 Å². The maximum atomic E-state index is 13.3. The number of hydrogen-bond acceptors (Lipinski definition) is 8. The molecule has 22 heteroatoms. The van der Waals surface area contributed by atoms with E-state index in [9.17, 15) is 80.6 Å². The molecule has 0 aromatic rings. The molecule has 8 nitrogen and oxygen atoms in total. The first-order valence-corrected chi connectivity index (χ1v) is 14.1. The van der Waals surface area contributed by atoms with Gasteiger partial charge in [-0.25, -0.2) is 27.2 Å². The highest BCUT2D eigenvalue weighted by Gasteiger charge is 2.55. The number of hydrogen-bond donors (Lipinski definition) is 0. The molecule has 49 heavy (non-hydrogen) atoms. The Morgan fingerprint density at radius 1 is 0.510 bits per heavy atom. The van der Waals surface area contributed by atoms with Crippen LogP contribution < -0.4 is 0 Å². The van der Waals surface area contributed by atoms with Crippen molar-refractivity contribution >= 4 is 23.9 Å². The molecule has 290 valence electrons. The lowest BCUT2D eigenvalue weighted by atomic mass is 9.91. The Morgan fingerprint density at radius 3 is 1.10 bits per heavy atom. The normalized spacial score (nSPS) is 13.9. The Balaban J connectivity index is 0. The van der Waals surface area contributed by atoms with Crippen molar-refractivity contribution < 1.29 is 99.6 Å². The highest BCUT2D eigenvalue weighted by molar-refractivity contribution is 5.78. The van der Waals surface area contributed by atoms with Gasteiger partial charge in [-0.2, -0.15) is 43.9 Å². The van der Waals surface area contributed by atoms with Gasteiger partial charge in [0.25, 0.3) is 11.8 Å². The summed E-state index contributed by atoms with van der Waals surface area (Å²) in [4.78, 5) is 44.9. The van der Waals surface area contributed by atoms with Crippen LogP contribution in [0.4, 0.5) is 61.5 Å². The topological polar surface area (TPSA) is 105 Å². The van der Waals surface area contributed by atoms with Crippen LogP contribution in [-0.4, -0.2) is 86.3 Å². The summed E-state index contributed by atoms with van der Waals surface area (Å²) < 4.78 is 193. The van der Waals surface area contributed by atoms with Crippen molar-refractivity contribution in [2.45, 2.75) is 109 Å². The summed E-state index contributed by atoms with van der Waals surface area (Å²) in [6, 6.07) is 0. The van der Waals surface area contributed by atoms with Gasteiger partial charge in [-0.1, -0.05) is 20.8 Å². The molecule has 0 bridgehead atoms. The lowest BCUT2D eigenvalue weighted by Crippen LogP contribution is -2.40. The van der Waals surface area contributed by atoms with Crippen LogP contribution in [0, 0.1) is 11.3 Å². The summed E-state index contributed by atoms with van der Waals surface area (Å²) in [6.07, 6.45) is -20.7. The minimum atomic E-state index is -5.37. The fourth-order valence-corrected chi connectivity index (χ4v) is 2.91. The number of carbonyl (C=O) groups is 4. The zero-order valence-corrected chi connectivity index (χ0v) is 26.7. The predicted molar refractivity (Wildman–Crippen MR) is 138 cm³/mol. The third kappa shape index (κ3) is 21.6. The molecule has 0 amide bonds. The molecular formula is C27H36F14O8. The summed E-state index contributed by atoms with van der Waals surface area (Å²) in [5.41, 5.74) is -0.854. The zero-order chi connectivity index (χ0) is 39.3. The SMILES string of the molecule is CCC(C)(C)C(=O)OCCOC(=O)C(F)(F)CC(F)(F)CC(F)(F)F.CCC(C)C(=O)OCCOC(=O)C(F)(F)CC(F)(F)CC(F)(F)F. The number of esters is 4. The maximum Gasteiger partial charge on any atom is 0.394 e. The summed E-state index contributed by atoms with van der Waals surface area (Å²) in [5.74, 6) is -25.9. The lowest BCUT2D eigenvalue weighted by Gasteiger charge is -2.23. The number of ether oxygens (including phenoxy) is 4. The van der Waals surface area contributed by atoms with Crippen molar-refractivity contribution in [1.82, 2.24) is 0 Å². The Kier molecular flexibility index (Phi) is 18.4. The number of alkyl halides is 14. The Morgan fingerprint density at radius 2 is 0.816 bits per heavy atom. The number of halogens is 14. The van der Waals surface area contributed by atoms with Gasteiger partial charge in [-0.15, -0.1) is 0 Å². The van der Waals surface area contributed by atoms with Gasteiger partial charge in [-0.3, -0.25) is 9.59 Å². The second-order valence-electron chi connectivity index (χ2n) is 11.2. The van der Waals surface area contributed by atoms with Gasteiger partial charge in [0.2, 0.25) is 0 Å². The molecule has 0 N–H and O–H groups in total. The largest absolute Gasteiger partial charge is 0.462 e. The molecule has 0 rings (SSSR count). The van der Waals surface area contributed by atoms with Crippen molar-refractivity contribution in [2.24, 2.45) is 11.3 Å². The molecule has 0 aromatic carbocycles. The highest BCUT2D eigenvalue weighted by Crippen LogP contribution is 2.40. The van der Waals surface area contributed by atoms with Crippen molar-refractivity contribution in [2.75, 3.05) is 26.4 Å². The Bertz CT molecular complexity index is 1070. The Labute approximate surface area is 271 Å². The van der Waals surface area contributed by atoms with Crippen LogP contribution in [0.15, 0.2) is 0 Å². The zero-order valence-electron chi connectivity index (χ0n) is 26.7. The number of carbonyl (C=O) groups excluding carboxylic acids is 4. The van der Waals surface area contributed by atoms with Gasteiger partial charge < -0.3 is 18.9 Å². The molecule has 0 heterocycles. The van der Waals surface area contributed by atoms with E-state index >= 15 is 0 Å². The molecule has 1 atom stereocenters. The minimum Gasteiger partial charge on any atom is -0.462 e. The second-order valence-corrected chi connectivity index (χ2v) is 11.2. The number of rotatable bonds is 18. The lowest BCUT2D eigenvalue weighted by molar-refractivity contribution is -0.215. The van der Waals surface area contributed by atoms with E-state index in [0.717, 1.165) is 0 Å². The fourth-order valence-electron chi connectivity index (χ4n) is 2.91. The van der Waals surface area contributed by atoms with Crippen molar-refractivity contribution in [3.05, 3.63) is 0 Å². The average molecular weight is 755 g/mol. The van der Waals surface area contributed by atoms with Crippen molar-refractivity contribution in [3.8, 4) is 0 Å². The first kappa shape index (κ1) is 48.0. The molecule has 0 aliphatic rings. The molecule has 0 fully saturated rings. The third-order valence-electron chi connectivity index (χ3n) is 6.04. The van der Waals surface area contributed by atoms with E-state index in [-0.39, 0.29) is 0 Å². The molecule has 0 aliphatic carbocycles. The molecule has 1 unspecified atom stereocenters. The van der Waals surface area contributed by atoms with E-state index in [2.05, 4.69) is 18.9 Å². The third-order valence-corrected chi connectivity index (χ3v) is 6.04. The smallest absolute Gasteiger partial charge is 0.394 e. The molecule has 0 spiro atoms. The first-order valence-electron chi connectivity index (χ1n) is 14.1. The fraction of sp³-hybridized carbons (Fsp3) is 0.852. The monoisotopic (exact) mass is 754 g/mol.